The van der Waals surface area contributed by atoms with Crippen LogP contribution in [-0.2, 0) is 27.9 Å². The van der Waals surface area contributed by atoms with Gasteiger partial charge >= 0.3 is 14.1 Å². The van der Waals surface area contributed by atoms with E-state index in [9.17, 15) is 14.5 Å². The van der Waals surface area contributed by atoms with Crippen molar-refractivity contribution in [1.82, 2.24) is 10.6 Å². The average molecular weight is 365 g/mol. The molecule has 2 rings (SSSR count). The zero-order valence-electron chi connectivity index (χ0n) is 14.2. The predicted octanol–water partition coefficient (Wildman–Crippen LogP) is 0.156. The summed E-state index contributed by atoms with van der Waals surface area (Å²) in [7, 11) is -2.21. The summed E-state index contributed by atoms with van der Waals surface area (Å²) in [5, 5.41) is 5.75. The molecule has 2 aliphatic heterocycles. The van der Waals surface area contributed by atoms with Crippen LogP contribution in [0.5, 0.6) is 0 Å². The van der Waals surface area contributed by atoms with Crippen molar-refractivity contribution in [3.63, 3.8) is 0 Å². The zero-order chi connectivity index (χ0) is 17.8. The number of esters is 1. The van der Waals surface area contributed by atoms with Gasteiger partial charge in [0, 0.05) is 18.5 Å². The number of ether oxygens (including phenoxy) is 1. The highest BCUT2D eigenvalue weighted by Gasteiger charge is 2.58. The smallest absolute Gasteiger partial charge is 0.461 e. The predicted molar refractivity (Wildman–Crippen MR) is 85.7 cm³/mol. The minimum absolute atomic E-state index is 0.0789. The number of rotatable bonds is 6. The van der Waals surface area contributed by atoms with Crippen molar-refractivity contribution in [2.24, 2.45) is 5.41 Å². The van der Waals surface area contributed by atoms with Gasteiger partial charge in [0.1, 0.15) is 12.7 Å². The zero-order valence-corrected chi connectivity index (χ0v) is 15.1. The molecule has 0 bridgehead atoms. The summed E-state index contributed by atoms with van der Waals surface area (Å²) in [5.41, 5.74) is -0.634. The number of nitrogens with one attached hydrogen (secondary N) is 2. The Morgan fingerprint density at radius 1 is 1.46 bits per heavy atom. The summed E-state index contributed by atoms with van der Waals surface area (Å²) in [5.74, 6) is -0.772. The Kier molecular flexibility index (Phi) is 6.52. The molecule has 24 heavy (non-hydrogen) atoms. The fourth-order valence-corrected chi connectivity index (χ4v) is 3.88. The van der Waals surface area contributed by atoms with Gasteiger partial charge < -0.3 is 15.4 Å². The normalized spacial score (nSPS) is 32.3. The van der Waals surface area contributed by atoms with Crippen molar-refractivity contribution in [3.8, 4) is 0 Å². The van der Waals surface area contributed by atoms with Crippen LogP contribution in [0.4, 0.5) is 0 Å². The Hall–Kier alpha value is -0.830. The first-order valence-electron chi connectivity index (χ1n) is 7.94. The quantitative estimate of drug-likeness (QED) is 0.450. The molecule has 2 unspecified atom stereocenters. The van der Waals surface area contributed by atoms with Gasteiger partial charge in [-0.3, -0.25) is 9.59 Å². The molecule has 3 N–H and O–H groups in total. The van der Waals surface area contributed by atoms with Crippen LogP contribution in [0.1, 0.15) is 26.7 Å². The van der Waals surface area contributed by atoms with Gasteiger partial charge in [0.25, 0.3) is 5.91 Å². The highest BCUT2D eigenvalue weighted by atomic mass is 31.2. The van der Waals surface area contributed by atoms with E-state index in [1.165, 1.54) is 7.11 Å². The molecule has 10 heteroatoms. The Balaban J connectivity index is 1.78. The molecule has 1 amide bonds. The molecule has 0 aromatic carbocycles. The van der Waals surface area contributed by atoms with Crippen LogP contribution in [0.25, 0.3) is 0 Å². The molecule has 9 nitrogen and oxygen atoms in total. The molecule has 0 saturated carbocycles. The van der Waals surface area contributed by atoms with E-state index in [-0.39, 0.29) is 31.6 Å². The van der Waals surface area contributed by atoms with Crippen LogP contribution in [0, 0.1) is 5.41 Å². The summed E-state index contributed by atoms with van der Waals surface area (Å²) in [6.07, 6.45) is -0.135. The van der Waals surface area contributed by atoms with Gasteiger partial charge in [-0.25, -0.2) is 0 Å². The molecular weight excluding hydrogens is 339 g/mol. The van der Waals surface area contributed by atoms with E-state index in [0.29, 0.717) is 6.54 Å². The standard InChI is InChI=1S/C14H25N2O7P/c1-14(2)9-21-24(19,20-3)23-12(14)13(18)16-7-5-11(17)22-10-4-6-15-8-10/h10,12,15,19H,4-9H2,1-3H3/p+1/t10?,12-,24?/m0/s1. The molecule has 2 aliphatic rings. The van der Waals surface area contributed by atoms with Gasteiger partial charge in [-0.05, 0) is 13.0 Å². The van der Waals surface area contributed by atoms with Crippen LogP contribution in [0.15, 0.2) is 0 Å². The Bertz CT molecular complexity index is 470. The molecule has 2 saturated heterocycles. The van der Waals surface area contributed by atoms with Gasteiger partial charge in [0.15, 0.2) is 6.10 Å². The average Bonchev–Trinajstić information content (AvgIpc) is 3.02. The van der Waals surface area contributed by atoms with Crippen LogP contribution in [-0.4, -0.2) is 62.3 Å². The first kappa shape index (κ1) is 19.5. The highest BCUT2D eigenvalue weighted by Crippen LogP contribution is 2.63. The Morgan fingerprint density at radius 3 is 2.83 bits per heavy atom. The molecule has 138 valence electrons. The van der Waals surface area contributed by atoms with Crippen molar-refractivity contribution in [2.45, 2.75) is 38.9 Å². The molecule has 0 aromatic heterocycles. The van der Waals surface area contributed by atoms with E-state index in [1.807, 2.05) is 0 Å². The van der Waals surface area contributed by atoms with Gasteiger partial charge in [-0.1, -0.05) is 13.8 Å². The maximum absolute atomic E-state index is 12.3. The van der Waals surface area contributed by atoms with Gasteiger partial charge in [0.05, 0.1) is 13.5 Å². The summed E-state index contributed by atoms with van der Waals surface area (Å²) in [6.45, 7) is 5.35. The van der Waals surface area contributed by atoms with E-state index in [1.54, 1.807) is 13.8 Å². The highest BCUT2D eigenvalue weighted by molar-refractivity contribution is 7.55. The first-order valence-corrected chi connectivity index (χ1v) is 9.44. The lowest BCUT2D eigenvalue weighted by Crippen LogP contribution is -2.50. The van der Waals surface area contributed by atoms with E-state index >= 15 is 0 Å². The number of carbonyl (C=O) groups excluding carboxylic acids is 2. The molecule has 2 heterocycles. The van der Waals surface area contributed by atoms with Gasteiger partial charge in [-0.15, -0.1) is 4.52 Å². The van der Waals surface area contributed by atoms with Crippen LogP contribution < -0.4 is 10.6 Å². The SMILES string of the molecule is CO[P+]1(O)OCC(C)(C)[C@H](C(=O)NCCC(=O)OC2CCNC2)O1. The van der Waals surface area contributed by atoms with Crippen LogP contribution >= 0.6 is 8.17 Å². The molecule has 0 radical (unpaired) electrons. The minimum Gasteiger partial charge on any atom is -0.461 e. The number of amides is 1. The molecule has 0 aliphatic carbocycles. The second-order valence-corrected chi connectivity index (χ2v) is 8.32. The lowest BCUT2D eigenvalue weighted by atomic mass is 9.87. The van der Waals surface area contributed by atoms with Gasteiger partial charge in [-0.2, -0.15) is 13.9 Å². The van der Waals surface area contributed by atoms with E-state index < -0.39 is 25.6 Å². The Labute approximate surface area is 142 Å². The van der Waals surface area contributed by atoms with Crippen molar-refractivity contribution in [2.75, 3.05) is 33.4 Å². The van der Waals surface area contributed by atoms with Crippen LogP contribution in [0.3, 0.4) is 0 Å². The monoisotopic (exact) mass is 365 g/mol. The van der Waals surface area contributed by atoms with E-state index in [4.69, 9.17) is 18.3 Å². The minimum atomic E-state index is -3.47. The van der Waals surface area contributed by atoms with E-state index in [0.717, 1.165) is 13.0 Å². The Morgan fingerprint density at radius 2 is 2.21 bits per heavy atom. The summed E-state index contributed by atoms with van der Waals surface area (Å²) in [4.78, 5) is 34.1. The largest absolute Gasteiger partial charge is 0.573 e. The fraction of sp³-hybridized carbons (Fsp3) is 0.857. The summed E-state index contributed by atoms with van der Waals surface area (Å²) < 4.78 is 20.6. The first-order chi connectivity index (χ1) is 11.3. The van der Waals surface area contributed by atoms with Crippen molar-refractivity contribution >= 4 is 20.0 Å². The maximum atomic E-state index is 12.3. The third-order valence-corrected chi connectivity index (χ3v) is 5.35. The van der Waals surface area contributed by atoms with Crippen LogP contribution in [0.2, 0.25) is 0 Å². The van der Waals surface area contributed by atoms with Crippen molar-refractivity contribution < 1.29 is 32.8 Å². The fourth-order valence-electron chi connectivity index (χ4n) is 2.48. The topological polar surface area (TPSA) is 115 Å². The van der Waals surface area contributed by atoms with Gasteiger partial charge in [0.2, 0.25) is 0 Å². The third-order valence-electron chi connectivity index (χ3n) is 3.96. The lowest BCUT2D eigenvalue weighted by Gasteiger charge is -2.35. The second-order valence-electron chi connectivity index (χ2n) is 6.54. The van der Waals surface area contributed by atoms with E-state index in [2.05, 4.69) is 10.6 Å². The molecular formula is C14H26N2O7P+. The molecule has 0 aromatic rings. The summed E-state index contributed by atoms with van der Waals surface area (Å²) in [6, 6.07) is 0. The lowest BCUT2D eigenvalue weighted by molar-refractivity contribution is -0.148. The molecule has 0 spiro atoms. The number of hydrogen-bond donors (Lipinski definition) is 3. The number of hydrogen-bond acceptors (Lipinski definition) is 8. The summed E-state index contributed by atoms with van der Waals surface area (Å²) >= 11 is 0. The molecule has 2 fully saturated rings. The second kappa shape index (κ2) is 8.03. The van der Waals surface area contributed by atoms with Crippen molar-refractivity contribution in [3.05, 3.63) is 0 Å². The van der Waals surface area contributed by atoms with Crippen molar-refractivity contribution in [1.29, 1.82) is 0 Å². The maximum Gasteiger partial charge on any atom is 0.573 e. The third kappa shape index (κ3) is 5.08. The number of carbonyl (C=O) groups is 2. The molecule has 3 atom stereocenters.